The molecule has 0 radical (unpaired) electrons. The number of aryl methyl sites for hydroxylation is 1. The van der Waals surface area contributed by atoms with Crippen LogP contribution in [0.2, 0.25) is 0 Å². The molecule has 0 aliphatic carbocycles. The monoisotopic (exact) mass is 270 g/mol. The number of halogens is 1. The van der Waals surface area contributed by atoms with Crippen molar-refractivity contribution < 1.29 is 9.90 Å². The molecule has 0 spiro atoms. The van der Waals surface area contributed by atoms with Gasteiger partial charge >= 0.3 is 5.97 Å². The molecule has 1 unspecified atom stereocenters. The molecular formula is C12H15BrO2. The normalized spacial score (nSPS) is 12.4. The second-order valence-electron chi connectivity index (χ2n) is 3.70. The standard InChI is InChI=1S/C12H15BrO2/c1-9(12(14)15)8-11-4-2-10(3-5-11)6-7-13/h2-5,9H,6-8H2,1H3,(H,14,15). The lowest BCUT2D eigenvalue weighted by Gasteiger charge is -2.06. The second kappa shape index (κ2) is 5.91. The van der Waals surface area contributed by atoms with Crippen LogP contribution >= 0.6 is 15.9 Å². The van der Waals surface area contributed by atoms with E-state index in [1.165, 1.54) is 5.56 Å². The fourth-order valence-corrected chi connectivity index (χ4v) is 1.85. The van der Waals surface area contributed by atoms with Crippen molar-refractivity contribution >= 4 is 21.9 Å². The van der Waals surface area contributed by atoms with Crippen molar-refractivity contribution in [3.63, 3.8) is 0 Å². The Bertz CT molecular complexity index is 319. The van der Waals surface area contributed by atoms with Crippen LogP contribution in [0.15, 0.2) is 24.3 Å². The molecule has 0 bridgehead atoms. The molecule has 1 aromatic rings. The van der Waals surface area contributed by atoms with Gasteiger partial charge in [0.05, 0.1) is 5.92 Å². The van der Waals surface area contributed by atoms with E-state index in [1.54, 1.807) is 6.92 Å². The van der Waals surface area contributed by atoms with Gasteiger partial charge in [-0.25, -0.2) is 0 Å². The zero-order valence-corrected chi connectivity index (χ0v) is 10.3. The van der Waals surface area contributed by atoms with Crippen LogP contribution in [0.4, 0.5) is 0 Å². The van der Waals surface area contributed by atoms with E-state index in [0.29, 0.717) is 6.42 Å². The highest BCUT2D eigenvalue weighted by Gasteiger charge is 2.10. The summed E-state index contributed by atoms with van der Waals surface area (Å²) in [6, 6.07) is 8.14. The predicted octanol–water partition coefficient (Wildman–Crippen LogP) is 2.89. The summed E-state index contributed by atoms with van der Waals surface area (Å²) in [7, 11) is 0. The van der Waals surface area contributed by atoms with E-state index in [2.05, 4.69) is 28.1 Å². The van der Waals surface area contributed by atoms with Crippen LogP contribution in [-0.4, -0.2) is 16.4 Å². The minimum atomic E-state index is -0.737. The van der Waals surface area contributed by atoms with E-state index in [-0.39, 0.29) is 5.92 Å². The molecule has 1 aromatic carbocycles. The summed E-state index contributed by atoms with van der Waals surface area (Å²) in [4.78, 5) is 10.7. The lowest BCUT2D eigenvalue weighted by Crippen LogP contribution is -2.12. The summed E-state index contributed by atoms with van der Waals surface area (Å²) in [6.07, 6.45) is 1.61. The molecule has 0 saturated heterocycles. The third-order valence-corrected chi connectivity index (χ3v) is 2.77. The number of carbonyl (C=O) groups is 1. The molecule has 0 aromatic heterocycles. The first-order valence-electron chi connectivity index (χ1n) is 5.00. The second-order valence-corrected chi connectivity index (χ2v) is 4.49. The van der Waals surface area contributed by atoms with Crippen molar-refractivity contribution in [3.8, 4) is 0 Å². The number of rotatable bonds is 5. The number of carboxylic acids is 1. The molecule has 0 saturated carbocycles. The van der Waals surface area contributed by atoms with Crippen molar-refractivity contribution in [3.05, 3.63) is 35.4 Å². The fourth-order valence-electron chi connectivity index (χ4n) is 1.39. The average Bonchev–Trinajstić information content (AvgIpc) is 2.21. The van der Waals surface area contributed by atoms with Gasteiger partial charge in [-0.05, 0) is 24.0 Å². The Labute approximate surface area is 98.4 Å². The minimum absolute atomic E-state index is 0.313. The summed E-state index contributed by atoms with van der Waals surface area (Å²) >= 11 is 3.39. The molecular weight excluding hydrogens is 256 g/mol. The maximum absolute atomic E-state index is 10.7. The van der Waals surface area contributed by atoms with Gasteiger partial charge in [0.15, 0.2) is 0 Å². The van der Waals surface area contributed by atoms with Crippen LogP contribution in [0, 0.1) is 5.92 Å². The van der Waals surface area contributed by atoms with Gasteiger partial charge in [-0.2, -0.15) is 0 Å². The van der Waals surface area contributed by atoms with E-state index < -0.39 is 5.97 Å². The van der Waals surface area contributed by atoms with Gasteiger partial charge in [0.1, 0.15) is 0 Å². The first-order valence-corrected chi connectivity index (χ1v) is 6.12. The van der Waals surface area contributed by atoms with Crippen molar-refractivity contribution in [2.45, 2.75) is 19.8 Å². The summed E-state index contributed by atoms with van der Waals surface area (Å²) in [5.41, 5.74) is 2.36. The summed E-state index contributed by atoms with van der Waals surface area (Å²) in [6.45, 7) is 1.73. The van der Waals surface area contributed by atoms with Gasteiger partial charge in [-0.3, -0.25) is 4.79 Å². The Morgan fingerprint density at radius 1 is 1.33 bits per heavy atom. The third-order valence-electron chi connectivity index (χ3n) is 2.37. The summed E-state index contributed by atoms with van der Waals surface area (Å²) < 4.78 is 0. The van der Waals surface area contributed by atoms with Crippen LogP contribution in [0.5, 0.6) is 0 Å². The van der Waals surface area contributed by atoms with Gasteiger partial charge in [0.2, 0.25) is 0 Å². The van der Waals surface area contributed by atoms with Crippen molar-refractivity contribution in [1.82, 2.24) is 0 Å². The van der Waals surface area contributed by atoms with Crippen LogP contribution in [0.1, 0.15) is 18.1 Å². The van der Waals surface area contributed by atoms with Crippen molar-refractivity contribution in [2.24, 2.45) is 5.92 Å². The molecule has 0 fully saturated rings. The van der Waals surface area contributed by atoms with E-state index >= 15 is 0 Å². The minimum Gasteiger partial charge on any atom is -0.481 e. The van der Waals surface area contributed by atoms with Gasteiger partial charge in [0, 0.05) is 5.33 Å². The molecule has 82 valence electrons. The van der Waals surface area contributed by atoms with E-state index in [1.807, 2.05) is 12.1 Å². The SMILES string of the molecule is CC(Cc1ccc(CCBr)cc1)C(=O)O. The van der Waals surface area contributed by atoms with Crippen molar-refractivity contribution in [1.29, 1.82) is 0 Å². The third kappa shape index (κ3) is 4.04. The summed E-state index contributed by atoms with van der Waals surface area (Å²) in [5, 5.41) is 9.73. The highest BCUT2D eigenvalue weighted by Crippen LogP contribution is 2.11. The Morgan fingerprint density at radius 2 is 1.87 bits per heavy atom. The van der Waals surface area contributed by atoms with E-state index in [0.717, 1.165) is 17.3 Å². The van der Waals surface area contributed by atoms with Crippen molar-refractivity contribution in [2.75, 3.05) is 5.33 Å². The molecule has 0 aliphatic rings. The topological polar surface area (TPSA) is 37.3 Å². The molecule has 0 amide bonds. The Kier molecular flexibility index (Phi) is 4.82. The smallest absolute Gasteiger partial charge is 0.306 e. The van der Waals surface area contributed by atoms with Crippen LogP contribution in [-0.2, 0) is 17.6 Å². The molecule has 1 N–H and O–H groups in total. The quantitative estimate of drug-likeness (QED) is 0.836. The number of alkyl halides is 1. The Morgan fingerprint density at radius 3 is 2.33 bits per heavy atom. The zero-order valence-electron chi connectivity index (χ0n) is 8.74. The van der Waals surface area contributed by atoms with Crippen LogP contribution < -0.4 is 0 Å². The maximum atomic E-state index is 10.7. The lowest BCUT2D eigenvalue weighted by atomic mass is 10.00. The average molecular weight is 271 g/mol. The number of hydrogen-bond donors (Lipinski definition) is 1. The number of carboxylic acid groups (broad SMARTS) is 1. The molecule has 0 heterocycles. The molecule has 0 aliphatic heterocycles. The first kappa shape index (κ1) is 12.2. The Balaban J connectivity index is 2.60. The predicted molar refractivity (Wildman–Crippen MR) is 64.4 cm³/mol. The van der Waals surface area contributed by atoms with Gasteiger partial charge < -0.3 is 5.11 Å². The fraction of sp³-hybridized carbons (Fsp3) is 0.417. The maximum Gasteiger partial charge on any atom is 0.306 e. The molecule has 2 nitrogen and oxygen atoms in total. The highest BCUT2D eigenvalue weighted by atomic mass is 79.9. The van der Waals surface area contributed by atoms with Gasteiger partial charge in [-0.15, -0.1) is 0 Å². The Hall–Kier alpha value is -0.830. The number of aliphatic carboxylic acids is 1. The van der Waals surface area contributed by atoms with E-state index in [9.17, 15) is 4.79 Å². The molecule has 15 heavy (non-hydrogen) atoms. The molecule has 1 atom stereocenters. The van der Waals surface area contributed by atoms with Gasteiger partial charge in [0.25, 0.3) is 0 Å². The first-order chi connectivity index (χ1) is 7.13. The molecule has 1 rings (SSSR count). The van der Waals surface area contributed by atoms with Crippen LogP contribution in [0.25, 0.3) is 0 Å². The van der Waals surface area contributed by atoms with Gasteiger partial charge in [-0.1, -0.05) is 47.1 Å². The number of hydrogen-bond acceptors (Lipinski definition) is 1. The highest BCUT2D eigenvalue weighted by molar-refractivity contribution is 9.09. The van der Waals surface area contributed by atoms with Crippen LogP contribution in [0.3, 0.4) is 0 Å². The lowest BCUT2D eigenvalue weighted by molar-refractivity contribution is -0.141. The largest absolute Gasteiger partial charge is 0.481 e. The zero-order chi connectivity index (χ0) is 11.3. The number of benzene rings is 1. The summed E-state index contributed by atoms with van der Waals surface area (Å²) in [5.74, 6) is -1.05. The molecule has 3 heteroatoms. The van der Waals surface area contributed by atoms with E-state index in [4.69, 9.17) is 5.11 Å².